The first-order valence-corrected chi connectivity index (χ1v) is 16.1. The molecular formula is C21H19IKN2O6S4+. The van der Waals surface area contributed by atoms with Crippen LogP contribution in [-0.2, 0) is 26.8 Å². The zero-order valence-electron chi connectivity index (χ0n) is 18.6. The fraction of sp³-hybridized carbons (Fsp3) is 0.286. The van der Waals surface area contributed by atoms with Crippen molar-refractivity contribution < 1.29 is 81.9 Å². The van der Waals surface area contributed by atoms with E-state index in [1.54, 1.807) is 0 Å². The van der Waals surface area contributed by atoms with Crippen LogP contribution in [0.25, 0.3) is 16.3 Å². The first kappa shape index (κ1) is 28.6. The Balaban J connectivity index is 0.00000289. The minimum absolute atomic E-state index is 0. The average molecular weight is 690 g/mol. The number of hydrogen-bond acceptors (Lipinski definition) is 8. The number of para-hydroxylation sites is 1. The Morgan fingerprint density at radius 1 is 1.14 bits per heavy atom. The molecule has 0 aliphatic carbocycles. The van der Waals surface area contributed by atoms with Gasteiger partial charge in [-0.3, -0.25) is 0 Å². The van der Waals surface area contributed by atoms with E-state index < -0.39 is 31.4 Å². The standard InChI is InChI=1S/C21H19IN2O6S4.K/c22-14-6-7-17-15(12-14)23(9-3-11-33(25,26)27)19(31-17)13-20-24(10-8-21(24)34(28,29)30)16-4-1-2-5-18(16)32-20;/h1-2,4-7,12-13,21H,3,8-11H2;/q;+1. The SMILES string of the molecule is O=S(=O)([O-])CCC[n+]1c(C=C2Sc3ccccc3[N+]23CCC3S(=O)(=O)[O-])sc2ccc(I)cc21.[K+]. The topological polar surface area (TPSA) is 118 Å². The van der Waals surface area contributed by atoms with E-state index in [9.17, 15) is 25.9 Å². The zero-order valence-corrected chi connectivity index (χ0v) is 27.1. The summed E-state index contributed by atoms with van der Waals surface area (Å²) in [5.41, 5.74) is 1.73. The molecule has 2 aliphatic heterocycles. The second kappa shape index (κ2) is 10.6. The Bertz CT molecular complexity index is 1560. The Kier molecular flexibility index (Phi) is 8.67. The fourth-order valence-corrected chi connectivity index (χ4v) is 9.36. The molecule has 0 saturated carbocycles. The summed E-state index contributed by atoms with van der Waals surface area (Å²) in [6.45, 7) is 0.834. The summed E-state index contributed by atoms with van der Waals surface area (Å²) >= 11 is 5.17. The molecule has 1 fully saturated rings. The number of benzene rings is 2. The van der Waals surface area contributed by atoms with E-state index in [0.29, 0.717) is 19.5 Å². The van der Waals surface area contributed by atoms with Gasteiger partial charge in [0.2, 0.25) is 5.52 Å². The van der Waals surface area contributed by atoms with Gasteiger partial charge in [-0.1, -0.05) is 23.5 Å². The number of rotatable bonds is 6. The molecule has 5 rings (SSSR count). The number of hydrogen-bond donors (Lipinski definition) is 0. The second-order valence-corrected chi connectivity index (χ2v) is 14.6. The molecule has 35 heavy (non-hydrogen) atoms. The molecule has 0 bridgehead atoms. The molecule has 180 valence electrons. The summed E-state index contributed by atoms with van der Waals surface area (Å²) in [6.07, 6.45) is 2.38. The van der Waals surface area contributed by atoms with Gasteiger partial charge in [0, 0.05) is 27.9 Å². The van der Waals surface area contributed by atoms with Gasteiger partial charge in [0.05, 0.1) is 34.1 Å². The van der Waals surface area contributed by atoms with Crippen molar-refractivity contribution in [3.05, 3.63) is 56.1 Å². The van der Waals surface area contributed by atoms with E-state index in [1.165, 1.54) is 23.1 Å². The minimum atomic E-state index is -4.53. The summed E-state index contributed by atoms with van der Waals surface area (Å²) < 4.78 is 73.9. The van der Waals surface area contributed by atoms with Crippen molar-refractivity contribution in [3.8, 4) is 0 Å². The summed E-state index contributed by atoms with van der Waals surface area (Å²) in [4.78, 5) is 0.918. The van der Waals surface area contributed by atoms with Crippen molar-refractivity contribution in [2.24, 2.45) is 0 Å². The molecule has 0 radical (unpaired) electrons. The molecule has 0 amide bonds. The summed E-state index contributed by atoms with van der Waals surface area (Å²) in [5.74, 6) is -0.464. The summed E-state index contributed by atoms with van der Waals surface area (Å²) in [5, 5.41) is 0.481. The third-order valence-corrected chi connectivity index (χ3v) is 11.2. The number of aromatic nitrogens is 1. The maximum atomic E-state index is 12.2. The Hall–Kier alpha value is 0.566. The van der Waals surface area contributed by atoms with E-state index in [0.717, 1.165) is 34.4 Å². The molecule has 0 N–H and O–H groups in total. The number of thiazole rings is 1. The van der Waals surface area contributed by atoms with Gasteiger partial charge in [0.15, 0.2) is 32.8 Å². The number of thioether (sulfide) groups is 1. The summed E-state index contributed by atoms with van der Waals surface area (Å²) in [7, 11) is -8.87. The first-order valence-electron chi connectivity index (χ1n) is 10.4. The van der Waals surface area contributed by atoms with Gasteiger partial charge in [-0.2, -0.15) is 4.57 Å². The molecule has 1 saturated heterocycles. The molecule has 14 heteroatoms. The fourth-order valence-electron chi connectivity index (χ4n) is 4.63. The van der Waals surface area contributed by atoms with Crippen LogP contribution in [0.5, 0.6) is 0 Å². The van der Waals surface area contributed by atoms with E-state index in [2.05, 4.69) is 22.6 Å². The maximum absolute atomic E-state index is 12.2. The Morgan fingerprint density at radius 3 is 2.54 bits per heavy atom. The number of halogens is 1. The van der Waals surface area contributed by atoms with E-state index in [-0.39, 0.29) is 62.3 Å². The van der Waals surface area contributed by atoms with Crippen LogP contribution in [0.2, 0.25) is 0 Å². The molecule has 2 unspecified atom stereocenters. The minimum Gasteiger partial charge on any atom is -0.748 e. The normalized spacial score (nSPS) is 22.8. The van der Waals surface area contributed by atoms with Crippen LogP contribution in [0.3, 0.4) is 0 Å². The van der Waals surface area contributed by atoms with Gasteiger partial charge >= 0.3 is 51.4 Å². The number of fused-ring (bicyclic) bond motifs is 3. The van der Waals surface area contributed by atoms with Crippen LogP contribution in [0, 0.1) is 3.57 Å². The predicted molar refractivity (Wildman–Crippen MR) is 139 cm³/mol. The van der Waals surface area contributed by atoms with Crippen LogP contribution in [-0.4, -0.2) is 43.6 Å². The van der Waals surface area contributed by atoms with Gasteiger partial charge in [-0.15, -0.1) is 0 Å². The molecule has 8 nitrogen and oxygen atoms in total. The van der Waals surface area contributed by atoms with E-state index >= 15 is 0 Å². The molecule has 2 aromatic carbocycles. The number of aryl methyl sites for hydroxylation is 1. The van der Waals surface area contributed by atoms with Crippen molar-refractivity contribution in [2.75, 3.05) is 12.3 Å². The van der Waals surface area contributed by atoms with Crippen LogP contribution in [0.1, 0.15) is 17.8 Å². The van der Waals surface area contributed by atoms with Crippen LogP contribution in [0.15, 0.2) is 52.4 Å². The third kappa shape index (κ3) is 5.51. The summed E-state index contributed by atoms with van der Waals surface area (Å²) in [6, 6.07) is 13.5. The van der Waals surface area contributed by atoms with Crippen LogP contribution in [0.4, 0.5) is 5.69 Å². The van der Waals surface area contributed by atoms with Gasteiger partial charge < -0.3 is 9.11 Å². The molecule has 3 aromatic rings. The first-order chi connectivity index (χ1) is 16.0. The zero-order chi connectivity index (χ0) is 24.3. The number of nitrogens with zero attached hydrogens (tertiary/aromatic N) is 2. The smallest absolute Gasteiger partial charge is 0.748 e. The largest absolute Gasteiger partial charge is 1.00 e. The molecular weight excluding hydrogens is 671 g/mol. The van der Waals surface area contributed by atoms with Crippen molar-refractivity contribution in [1.82, 2.24) is 4.48 Å². The van der Waals surface area contributed by atoms with Gasteiger partial charge in [-0.25, -0.2) is 21.3 Å². The van der Waals surface area contributed by atoms with Crippen molar-refractivity contribution in [2.45, 2.75) is 29.7 Å². The molecule has 2 aliphatic rings. The molecule has 2 atom stereocenters. The average Bonchev–Trinajstić information content (AvgIpc) is 3.21. The maximum Gasteiger partial charge on any atom is 1.00 e. The van der Waals surface area contributed by atoms with Crippen LogP contribution >= 0.6 is 45.7 Å². The Labute approximate surface area is 268 Å². The van der Waals surface area contributed by atoms with Gasteiger partial charge in [0.25, 0.3) is 5.01 Å². The second-order valence-electron chi connectivity index (χ2n) is 8.20. The van der Waals surface area contributed by atoms with Gasteiger partial charge in [-0.05, 0) is 52.6 Å². The molecule has 1 spiro atoms. The van der Waals surface area contributed by atoms with E-state index in [4.69, 9.17) is 0 Å². The van der Waals surface area contributed by atoms with Crippen molar-refractivity contribution >= 4 is 87.9 Å². The molecule has 1 aromatic heterocycles. The van der Waals surface area contributed by atoms with Gasteiger partial charge in [0.1, 0.15) is 4.70 Å². The van der Waals surface area contributed by atoms with Crippen LogP contribution < -0.4 is 60.4 Å². The molecule has 3 heterocycles. The third-order valence-electron chi connectivity index (χ3n) is 6.17. The van der Waals surface area contributed by atoms with Crippen molar-refractivity contribution in [3.63, 3.8) is 0 Å². The van der Waals surface area contributed by atoms with Crippen molar-refractivity contribution in [1.29, 1.82) is 0 Å². The Morgan fingerprint density at radius 2 is 1.89 bits per heavy atom. The predicted octanol–water partition coefficient (Wildman–Crippen LogP) is 0.419. The quantitative estimate of drug-likeness (QED) is 0.121. The van der Waals surface area contributed by atoms with E-state index in [1.807, 2.05) is 53.1 Å². The number of quaternary nitrogens is 1. The monoisotopic (exact) mass is 689 g/mol.